The number of carbonyl (C=O) groups excluding carboxylic acids is 2. The van der Waals surface area contributed by atoms with E-state index in [0.29, 0.717) is 12.1 Å². The van der Waals surface area contributed by atoms with E-state index < -0.39 is 5.97 Å². The number of nitrogens with one attached hydrogen (secondary N) is 2. The van der Waals surface area contributed by atoms with Gasteiger partial charge in [0.05, 0.1) is 17.1 Å². The molecule has 0 saturated carbocycles. The lowest BCUT2D eigenvalue weighted by Gasteiger charge is -2.37. The number of benzene rings is 1. The Morgan fingerprint density at radius 2 is 2.04 bits per heavy atom. The van der Waals surface area contributed by atoms with E-state index in [0.717, 1.165) is 32.5 Å². The Bertz CT molecular complexity index is 714. The fourth-order valence-electron chi connectivity index (χ4n) is 3.46. The Balaban J connectivity index is 1.53. The summed E-state index contributed by atoms with van der Waals surface area (Å²) in [5.74, 6) is -1.22. The van der Waals surface area contributed by atoms with Crippen LogP contribution in [-0.2, 0) is 9.59 Å². The normalized spacial score (nSPS) is 19.6. The molecule has 0 unspecified atom stereocenters. The van der Waals surface area contributed by atoms with E-state index in [-0.39, 0.29) is 34.4 Å². The Hall–Kier alpha value is -2.12. The van der Waals surface area contributed by atoms with Crippen molar-refractivity contribution >= 4 is 35.1 Å². The Kier molecular flexibility index (Phi) is 4.96. The molecule has 2 fully saturated rings. The maximum Gasteiger partial charge on any atom is 0.337 e. The van der Waals surface area contributed by atoms with Crippen molar-refractivity contribution in [2.75, 3.05) is 31.5 Å². The minimum Gasteiger partial charge on any atom is -0.478 e. The fraction of sp³-hybridized carbons (Fsp3) is 0.471. The molecule has 2 heterocycles. The molecule has 1 aromatic carbocycles. The van der Waals surface area contributed by atoms with Crippen LogP contribution >= 0.6 is 11.6 Å². The van der Waals surface area contributed by atoms with E-state index in [4.69, 9.17) is 16.7 Å². The van der Waals surface area contributed by atoms with Crippen LogP contribution in [0.1, 0.15) is 29.6 Å². The monoisotopic (exact) mass is 365 g/mol. The number of hydrogen-bond acceptors (Lipinski definition) is 4. The van der Waals surface area contributed by atoms with Crippen LogP contribution < -0.4 is 10.6 Å². The largest absolute Gasteiger partial charge is 0.478 e. The second kappa shape index (κ2) is 7.01. The number of anilines is 1. The van der Waals surface area contributed by atoms with E-state index in [2.05, 4.69) is 15.5 Å². The molecule has 2 saturated heterocycles. The van der Waals surface area contributed by atoms with E-state index >= 15 is 0 Å². The molecular weight excluding hydrogens is 346 g/mol. The third kappa shape index (κ3) is 4.11. The maximum atomic E-state index is 12.2. The molecule has 1 aromatic rings. The number of halogens is 1. The van der Waals surface area contributed by atoms with Gasteiger partial charge in [0.25, 0.3) is 0 Å². The van der Waals surface area contributed by atoms with Crippen LogP contribution in [0.3, 0.4) is 0 Å². The van der Waals surface area contributed by atoms with Gasteiger partial charge in [-0.05, 0) is 49.5 Å². The van der Waals surface area contributed by atoms with Crippen molar-refractivity contribution < 1.29 is 19.5 Å². The number of amides is 2. The van der Waals surface area contributed by atoms with Crippen molar-refractivity contribution in [3.63, 3.8) is 0 Å². The average Bonchev–Trinajstić information content (AvgIpc) is 2.92. The van der Waals surface area contributed by atoms with Gasteiger partial charge in [-0.25, -0.2) is 4.79 Å². The zero-order valence-corrected chi connectivity index (χ0v) is 14.4. The van der Waals surface area contributed by atoms with Gasteiger partial charge in [0.15, 0.2) is 0 Å². The lowest BCUT2D eigenvalue weighted by atomic mass is 9.78. The number of piperidine rings is 1. The molecule has 25 heavy (non-hydrogen) atoms. The molecule has 8 heteroatoms. The van der Waals surface area contributed by atoms with Gasteiger partial charge in [0.2, 0.25) is 11.8 Å². The summed E-state index contributed by atoms with van der Waals surface area (Å²) in [4.78, 5) is 36.8. The van der Waals surface area contributed by atoms with Crippen LogP contribution in [0, 0.1) is 5.41 Å². The first kappa shape index (κ1) is 17.7. The van der Waals surface area contributed by atoms with Crippen molar-refractivity contribution in [2.45, 2.75) is 19.3 Å². The molecule has 0 aliphatic carbocycles. The van der Waals surface area contributed by atoms with Gasteiger partial charge in [-0.15, -0.1) is 0 Å². The van der Waals surface area contributed by atoms with E-state index in [1.54, 1.807) is 6.07 Å². The van der Waals surface area contributed by atoms with E-state index in [9.17, 15) is 14.4 Å². The maximum absolute atomic E-state index is 12.2. The number of aromatic carboxylic acids is 1. The fourth-order valence-corrected chi connectivity index (χ4v) is 3.66. The predicted molar refractivity (Wildman–Crippen MR) is 92.8 cm³/mol. The summed E-state index contributed by atoms with van der Waals surface area (Å²) in [7, 11) is 0. The SMILES string of the molecule is O=C1CC2(CCN(CC(=O)Nc3ccc(Cl)c(C(=O)O)c3)CC2)CN1. The second-order valence-electron chi connectivity index (χ2n) is 6.78. The van der Waals surface area contributed by atoms with Crippen LogP contribution in [0.25, 0.3) is 0 Å². The van der Waals surface area contributed by atoms with Crippen molar-refractivity contribution in [1.29, 1.82) is 0 Å². The average molecular weight is 366 g/mol. The molecule has 2 amide bonds. The molecule has 0 atom stereocenters. The summed E-state index contributed by atoms with van der Waals surface area (Å²) >= 11 is 5.82. The number of likely N-dealkylation sites (tertiary alicyclic amines) is 1. The van der Waals surface area contributed by atoms with Crippen LogP contribution in [0.2, 0.25) is 5.02 Å². The van der Waals surface area contributed by atoms with Crippen LogP contribution in [-0.4, -0.2) is 54.0 Å². The van der Waals surface area contributed by atoms with Gasteiger partial charge in [-0.1, -0.05) is 11.6 Å². The van der Waals surface area contributed by atoms with Crippen molar-refractivity contribution in [3.05, 3.63) is 28.8 Å². The highest BCUT2D eigenvalue weighted by molar-refractivity contribution is 6.33. The Morgan fingerprint density at radius 1 is 1.32 bits per heavy atom. The standard InChI is InChI=1S/C17H20ClN3O4/c18-13-2-1-11(7-12(13)16(24)25)20-15(23)9-21-5-3-17(4-6-21)8-14(22)19-10-17/h1-2,7H,3-6,8-10H2,(H,19,22)(H,20,23)(H,24,25). The summed E-state index contributed by atoms with van der Waals surface area (Å²) in [5, 5.41) is 14.8. The summed E-state index contributed by atoms with van der Waals surface area (Å²) in [6, 6.07) is 4.38. The van der Waals surface area contributed by atoms with E-state index in [1.807, 2.05) is 0 Å². The van der Waals surface area contributed by atoms with Gasteiger partial charge in [-0.2, -0.15) is 0 Å². The number of rotatable bonds is 4. The van der Waals surface area contributed by atoms with Crippen molar-refractivity contribution in [2.24, 2.45) is 5.41 Å². The lowest BCUT2D eigenvalue weighted by Crippen LogP contribution is -2.44. The first-order valence-electron chi connectivity index (χ1n) is 8.19. The number of hydrogen-bond donors (Lipinski definition) is 3. The summed E-state index contributed by atoms with van der Waals surface area (Å²) < 4.78 is 0. The minimum atomic E-state index is -1.14. The highest BCUT2D eigenvalue weighted by Crippen LogP contribution is 2.37. The summed E-state index contributed by atoms with van der Waals surface area (Å²) in [6.45, 7) is 2.50. The highest BCUT2D eigenvalue weighted by Gasteiger charge is 2.40. The summed E-state index contributed by atoms with van der Waals surface area (Å²) in [5.41, 5.74) is 0.417. The number of nitrogens with zero attached hydrogens (tertiary/aromatic N) is 1. The highest BCUT2D eigenvalue weighted by atomic mass is 35.5. The zero-order valence-electron chi connectivity index (χ0n) is 13.7. The Morgan fingerprint density at radius 3 is 2.64 bits per heavy atom. The molecule has 3 N–H and O–H groups in total. The van der Waals surface area contributed by atoms with E-state index in [1.165, 1.54) is 12.1 Å². The van der Waals surface area contributed by atoms with Crippen LogP contribution in [0.15, 0.2) is 18.2 Å². The van der Waals surface area contributed by atoms with Gasteiger partial charge >= 0.3 is 5.97 Å². The predicted octanol–water partition coefficient (Wildman–Crippen LogP) is 1.58. The zero-order chi connectivity index (χ0) is 18.0. The molecule has 3 rings (SSSR count). The topological polar surface area (TPSA) is 98.7 Å². The Labute approximate surface area is 150 Å². The molecule has 2 aliphatic heterocycles. The van der Waals surface area contributed by atoms with Crippen molar-refractivity contribution in [3.8, 4) is 0 Å². The first-order valence-corrected chi connectivity index (χ1v) is 8.56. The van der Waals surface area contributed by atoms with Gasteiger partial charge in [-0.3, -0.25) is 14.5 Å². The number of carboxylic acids is 1. The smallest absolute Gasteiger partial charge is 0.337 e. The van der Waals surface area contributed by atoms with Crippen LogP contribution in [0.4, 0.5) is 5.69 Å². The van der Waals surface area contributed by atoms with Gasteiger partial charge < -0.3 is 15.7 Å². The second-order valence-corrected chi connectivity index (χ2v) is 7.18. The molecule has 134 valence electrons. The molecule has 1 spiro atoms. The number of carbonyl (C=O) groups is 3. The molecule has 7 nitrogen and oxygen atoms in total. The van der Waals surface area contributed by atoms with Gasteiger partial charge in [0, 0.05) is 18.7 Å². The molecule has 0 aromatic heterocycles. The third-order valence-corrected chi connectivity index (χ3v) is 5.29. The van der Waals surface area contributed by atoms with Gasteiger partial charge in [0.1, 0.15) is 0 Å². The quantitative estimate of drug-likeness (QED) is 0.752. The van der Waals surface area contributed by atoms with Crippen LogP contribution in [0.5, 0.6) is 0 Å². The third-order valence-electron chi connectivity index (χ3n) is 4.96. The lowest BCUT2D eigenvalue weighted by molar-refractivity contribution is -0.120. The van der Waals surface area contributed by atoms with Crippen molar-refractivity contribution in [1.82, 2.24) is 10.2 Å². The first-order chi connectivity index (χ1) is 11.9. The minimum absolute atomic E-state index is 0.0437. The molecule has 0 radical (unpaired) electrons. The summed E-state index contributed by atoms with van der Waals surface area (Å²) in [6.07, 6.45) is 2.36. The molecule has 0 bridgehead atoms. The molecule has 2 aliphatic rings. The molecular formula is C17H20ClN3O4. The number of carboxylic acid groups (broad SMARTS) is 1.